The Morgan fingerprint density at radius 2 is 1.75 bits per heavy atom. The van der Waals surface area contributed by atoms with Gasteiger partial charge in [-0.2, -0.15) is 0 Å². The minimum atomic E-state index is 0.722. The normalized spacial score (nSPS) is 20.8. The monoisotopic (exact) mass is 188 g/mol. The molecule has 0 unspecified atom stereocenters. The summed E-state index contributed by atoms with van der Waals surface area (Å²) < 4.78 is 2.62. The molecule has 1 nitrogen and oxygen atoms in total. The molecule has 0 spiro atoms. The van der Waals surface area contributed by atoms with Crippen LogP contribution in [-0.4, -0.2) is 22.6 Å². The quantitative estimate of drug-likeness (QED) is 0.485. The molecule has 72 valence electrons. The van der Waals surface area contributed by atoms with E-state index < -0.39 is 0 Å². The van der Waals surface area contributed by atoms with E-state index in [4.69, 9.17) is 0 Å². The molecular formula is C10H22NS+. The molecule has 1 fully saturated rings. The number of hydrogen-bond donors (Lipinski definition) is 0. The summed E-state index contributed by atoms with van der Waals surface area (Å²) in [5, 5.41) is 0. The third-order valence-electron chi connectivity index (χ3n) is 2.71. The van der Waals surface area contributed by atoms with Gasteiger partial charge in [0.15, 0.2) is 0 Å². The zero-order chi connectivity index (χ0) is 8.97. The van der Waals surface area contributed by atoms with Gasteiger partial charge in [0.2, 0.25) is 0 Å². The van der Waals surface area contributed by atoms with Crippen LogP contribution in [0.3, 0.4) is 0 Å². The van der Waals surface area contributed by atoms with Gasteiger partial charge in [-0.05, 0) is 26.7 Å². The van der Waals surface area contributed by atoms with Crippen LogP contribution in [0, 0.1) is 0 Å². The Morgan fingerprint density at radius 1 is 1.17 bits per heavy atom. The van der Waals surface area contributed by atoms with Gasteiger partial charge in [-0.25, -0.2) is 0 Å². The number of hydrogen-bond acceptors (Lipinski definition) is 1. The van der Waals surface area contributed by atoms with E-state index in [9.17, 15) is 0 Å². The fourth-order valence-electron chi connectivity index (χ4n) is 2.16. The third kappa shape index (κ3) is 2.67. The van der Waals surface area contributed by atoms with Crippen molar-refractivity contribution in [2.75, 3.05) is 6.26 Å². The first-order valence-corrected chi connectivity index (χ1v) is 6.43. The Balaban J connectivity index is 2.40. The van der Waals surface area contributed by atoms with E-state index in [1.807, 2.05) is 0 Å². The van der Waals surface area contributed by atoms with Crippen molar-refractivity contribution in [3.05, 3.63) is 0 Å². The lowest BCUT2D eigenvalue weighted by atomic mass is 9.95. The molecule has 1 saturated carbocycles. The van der Waals surface area contributed by atoms with Crippen LogP contribution in [-0.2, 0) is 11.9 Å². The van der Waals surface area contributed by atoms with Crippen LogP contribution in [0.1, 0.15) is 46.0 Å². The highest BCUT2D eigenvalue weighted by molar-refractivity contribution is 7.75. The highest BCUT2D eigenvalue weighted by Gasteiger charge is 2.26. The highest BCUT2D eigenvalue weighted by Crippen LogP contribution is 2.23. The Hall–Kier alpha value is 0.310. The molecule has 0 aliphatic heterocycles. The second kappa shape index (κ2) is 5.13. The van der Waals surface area contributed by atoms with Gasteiger partial charge < -0.3 is 0 Å². The Kier molecular flexibility index (Phi) is 4.44. The molecule has 0 radical (unpaired) electrons. The first kappa shape index (κ1) is 10.4. The van der Waals surface area contributed by atoms with E-state index in [0.717, 1.165) is 12.1 Å². The van der Waals surface area contributed by atoms with Crippen LogP contribution < -0.4 is 0 Å². The lowest BCUT2D eigenvalue weighted by molar-refractivity contribution is 0.238. The molecule has 0 saturated heterocycles. The summed E-state index contributed by atoms with van der Waals surface area (Å²) in [7, 11) is 0. The van der Waals surface area contributed by atoms with Crippen LogP contribution in [0.25, 0.3) is 0 Å². The minimum Gasteiger partial charge on any atom is -0.123 e. The van der Waals surface area contributed by atoms with E-state index in [1.54, 1.807) is 0 Å². The number of thiol groups is 1. The maximum Gasteiger partial charge on any atom is 0.115 e. The maximum atomic E-state index is 2.62. The third-order valence-corrected chi connectivity index (χ3v) is 3.96. The molecule has 1 rings (SSSR count). The van der Waals surface area contributed by atoms with Crippen molar-refractivity contribution in [2.24, 2.45) is 0 Å². The van der Waals surface area contributed by atoms with Crippen molar-refractivity contribution >= 4 is 11.9 Å². The SMILES string of the molecule is C[SH+]N(C(C)C)C1CCCCC1. The van der Waals surface area contributed by atoms with Crippen LogP contribution in [0.4, 0.5) is 0 Å². The summed E-state index contributed by atoms with van der Waals surface area (Å²) in [6.07, 6.45) is 9.47. The smallest absolute Gasteiger partial charge is 0.115 e. The molecule has 0 amide bonds. The van der Waals surface area contributed by atoms with Gasteiger partial charge in [-0.15, -0.1) is 4.31 Å². The fraction of sp³-hybridized carbons (Fsp3) is 1.00. The largest absolute Gasteiger partial charge is 0.123 e. The molecular weight excluding hydrogens is 166 g/mol. The zero-order valence-electron chi connectivity index (χ0n) is 8.58. The zero-order valence-corrected chi connectivity index (χ0v) is 9.48. The van der Waals surface area contributed by atoms with E-state index >= 15 is 0 Å². The van der Waals surface area contributed by atoms with Crippen molar-refractivity contribution in [1.29, 1.82) is 0 Å². The van der Waals surface area contributed by atoms with Gasteiger partial charge in [0.25, 0.3) is 0 Å². The Morgan fingerprint density at radius 3 is 2.17 bits per heavy atom. The molecule has 0 N–H and O–H groups in total. The molecule has 0 atom stereocenters. The average molecular weight is 188 g/mol. The summed E-state index contributed by atoms with van der Waals surface area (Å²) in [5.74, 6) is 0. The second-order valence-electron chi connectivity index (χ2n) is 3.97. The molecule has 0 aromatic rings. The number of nitrogens with zero attached hydrogens (tertiary/aromatic N) is 1. The van der Waals surface area contributed by atoms with Crippen molar-refractivity contribution in [1.82, 2.24) is 4.31 Å². The molecule has 0 bridgehead atoms. The van der Waals surface area contributed by atoms with Crippen LogP contribution >= 0.6 is 0 Å². The molecule has 0 aromatic carbocycles. The maximum absolute atomic E-state index is 2.62. The van der Waals surface area contributed by atoms with Crippen LogP contribution in [0.2, 0.25) is 0 Å². The highest BCUT2D eigenvalue weighted by atomic mass is 32.2. The first-order chi connectivity index (χ1) is 5.75. The van der Waals surface area contributed by atoms with Gasteiger partial charge >= 0.3 is 0 Å². The molecule has 0 heterocycles. The van der Waals surface area contributed by atoms with Crippen LogP contribution in [0.5, 0.6) is 0 Å². The second-order valence-corrected chi connectivity index (χ2v) is 4.83. The minimum absolute atomic E-state index is 0.722. The van der Waals surface area contributed by atoms with E-state index in [2.05, 4.69) is 24.4 Å². The molecule has 12 heavy (non-hydrogen) atoms. The topological polar surface area (TPSA) is 3.24 Å². The lowest BCUT2D eigenvalue weighted by Crippen LogP contribution is -2.40. The van der Waals surface area contributed by atoms with Crippen molar-refractivity contribution in [2.45, 2.75) is 58.0 Å². The van der Waals surface area contributed by atoms with Gasteiger partial charge in [0.1, 0.15) is 6.26 Å². The van der Waals surface area contributed by atoms with E-state index in [1.165, 1.54) is 44.1 Å². The van der Waals surface area contributed by atoms with Gasteiger partial charge in [0, 0.05) is 6.04 Å². The molecule has 1 aliphatic rings. The summed E-state index contributed by atoms with van der Waals surface area (Å²) in [6, 6.07) is 1.60. The summed E-state index contributed by atoms with van der Waals surface area (Å²) in [5.41, 5.74) is 0. The molecule has 1 aliphatic carbocycles. The summed E-state index contributed by atoms with van der Waals surface area (Å²) in [6.45, 7) is 4.62. The van der Waals surface area contributed by atoms with Crippen molar-refractivity contribution < 1.29 is 0 Å². The van der Waals surface area contributed by atoms with Gasteiger partial charge in [0.05, 0.1) is 18.0 Å². The predicted octanol–water partition coefficient (Wildman–Crippen LogP) is 2.39. The molecule has 0 aromatic heterocycles. The Bertz CT molecular complexity index is 119. The summed E-state index contributed by atoms with van der Waals surface area (Å²) in [4.78, 5) is 0. The molecule has 2 heteroatoms. The fourth-order valence-corrected chi connectivity index (χ4v) is 3.18. The number of rotatable bonds is 3. The predicted molar refractivity (Wildman–Crippen MR) is 58.5 cm³/mol. The van der Waals surface area contributed by atoms with Crippen molar-refractivity contribution in [3.8, 4) is 0 Å². The lowest BCUT2D eigenvalue weighted by Gasteiger charge is -2.29. The average Bonchev–Trinajstić information content (AvgIpc) is 2.07. The van der Waals surface area contributed by atoms with Gasteiger partial charge in [-0.3, -0.25) is 0 Å². The van der Waals surface area contributed by atoms with Gasteiger partial charge in [-0.1, -0.05) is 19.3 Å². The van der Waals surface area contributed by atoms with Crippen molar-refractivity contribution in [3.63, 3.8) is 0 Å². The van der Waals surface area contributed by atoms with E-state index in [0.29, 0.717) is 0 Å². The van der Waals surface area contributed by atoms with E-state index in [-0.39, 0.29) is 0 Å². The summed E-state index contributed by atoms with van der Waals surface area (Å²) >= 11 is 1.46. The van der Waals surface area contributed by atoms with Crippen LogP contribution in [0.15, 0.2) is 0 Å². The standard InChI is InChI=1S/C10H21NS/c1-9(2)11(12-3)10-7-5-4-6-8-10/h9-10H,4-8H2,1-3H3/p+1. The first-order valence-electron chi connectivity index (χ1n) is 5.13. The Labute approximate surface area is 81.0 Å².